The van der Waals surface area contributed by atoms with Gasteiger partial charge in [-0.3, -0.25) is 4.79 Å². The lowest BCUT2D eigenvalue weighted by atomic mass is 9.86. The smallest absolute Gasteiger partial charge is 0.230 e. The minimum atomic E-state index is 0. The number of anilines is 4. The van der Waals surface area contributed by atoms with Crippen molar-refractivity contribution in [2.45, 2.75) is 89.3 Å². The Morgan fingerprint density at radius 3 is 2.58 bits per heavy atom. The summed E-state index contributed by atoms with van der Waals surface area (Å²) in [5, 5.41) is 3.53. The molecule has 2 bridgehead atoms. The number of carbonyl (C=O) groups is 1. The summed E-state index contributed by atoms with van der Waals surface area (Å²) in [7, 11) is 1.81. The maximum atomic E-state index is 14.2. The van der Waals surface area contributed by atoms with Gasteiger partial charge in [0.25, 0.3) is 0 Å². The number of morpholine rings is 1. The monoisotopic (exact) mass is 522 g/mol. The van der Waals surface area contributed by atoms with Gasteiger partial charge in [-0.25, -0.2) is 4.98 Å². The van der Waals surface area contributed by atoms with Gasteiger partial charge in [-0.2, -0.15) is 0 Å². The number of hydrogen-bond acceptors (Lipinski definition) is 7. The Labute approximate surface area is 227 Å². The molecule has 206 valence electrons. The van der Waals surface area contributed by atoms with Gasteiger partial charge in [-0.05, 0) is 76.6 Å². The first kappa shape index (κ1) is 25.6. The first-order chi connectivity index (χ1) is 18.5. The molecule has 1 saturated carbocycles. The Morgan fingerprint density at radius 1 is 1.11 bits per heavy atom. The molecular formula is C30H42N4O4. The van der Waals surface area contributed by atoms with Gasteiger partial charge in [-0.1, -0.05) is 6.07 Å². The number of fused-ring (bicyclic) bond motifs is 4. The molecule has 8 nitrogen and oxygen atoms in total. The minimum absolute atomic E-state index is 0. The first-order valence-corrected chi connectivity index (χ1v) is 14.2. The highest BCUT2D eigenvalue weighted by Gasteiger charge is 2.40. The van der Waals surface area contributed by atoms with Crippen LogP contribution >= 0.6 is 0 Å². The molecule has 0 radical (unpaired) electrons. The molecule has 4 aliphatic rings. The summed E-state index contributed by atoms with van der Waals surface area (Å²) in [6.07, 6.45) is 8.02. The first-order valence-electron chi connectivity index (χ1n) is 14.2. The van der Waals surface area contributed by atoms with E-state index in [2.05, 4.69) is 53.3 Å². The molecule has 6 rings (SSSR count). The highest BCUT2D eigenvalue weighted by molar-refractivity contribution is 6.00. The van der Waals surface area contributed by atoms with Crippen LogP contribution < -0.4 is 15.1 Å². The van der Waals surface area contributed by atoms with E-state index in [4.69, 9.17) is 14.2 Å². The molecule has 1 aliphatic carbocycles. The molecule has 2 aromatic rings. The fourth-order valence-corrected chi connectivity index (χ4v) is 6.80. The Hall–Kier alpha value is -2.68. The van der Waals surface area contributed by atoms with Crippen LogP contribution in [0.5, 0.6) is 0 Å². The molecule has 1 amide bonds. The number of methoxy groups -OCH3 is 1. The lowest BCUT2D eigenvalue weighted by Crippen LogP contribution is -2.58. The second-order valence-corrected chi connectivity index (χ2v) is 11.5. The van der Waals surface area contributed by atoms with Crippen molar-refractivity contribution in [3.8, 4) is 0 Å². The van der Waals surface area contributed by atoms with Crippen LogP contribution in [0.25, 0.3) is 0 Å². The van der Waals surface area contributed by atoms with Crippen LogP contribution in [0.1, 0.15) is 59.4 Å². The molecule has 38 heavy (non-hydrogen) atoms. The van der Waals surface area contributed by atoms with Crippen molar-refractivity contribution in [3.63, 3.8) is 0 Å². The van der Waals surface area contributed by atoms with E-state index < -0.39 is 0 Å². The summed E-state index contributed by atoms with van der Waals surface area (Å²) >= 11 is 0. The summed E-state index contributed by atoms with van der Waals surface area (Å²) in [5.74, 6) is 1.02. The zero-order valence-electron chi connectivity index (χ0n) is 22.8. The summed E-state index contributed by atoms with van der Waals surface area (Å²) in [6, 6.07) is 11.0. The Bertz CT molecular complexity index is 1140. The molecule has 2 atom stereocenters. The van der Waals surface area contributed by atoms with E-state index in [9.17, 15) is 4.79 Å². The van der Waals surface area contributed by atoms with Crippen LogP contribution in [0, 0.1) is 5.92 Å². The van der Waals surface area contributed by atoms with E-state index in [0.717, 1.165) is 67.0 Å². The van der Waals surface area contributed by atoms with Crippen LogP contribution in [-0.4, -0.2) is 61.6 Å². The predicted octanol–water partition coefficient (Wildman–Crippen LogP) is 5.28. The molecule has 3 aliphatic heterocycles. The highest BCUT2D eigenvalue weighted by atomic mass is 16.5. The third-order valence-electron chi connectivity index (χ3n) is 8.61. The Balaban J connectivity index is 0.00000308. The van der Waals surface area contributed by atoms with Gasteiger partial charge >= 0.3 is 0 Å². The van der Waals surface area contributed by atoms with Crippen molar-refractivity contribution in [2.75, 3.05) is 35.4 Å². The van der Waals surface area contributed by atoms with Crippen LogP contribution in [0.15, 0.2) is 36.5 Å². The van der Waals surface area contributed by atoms with E-state index in [-0.39, 0.29) is 43.6 Å². The van der Waals surface area contributed by atoms with Crippen LogP contribution in [-0.2, 0) is 25.5 Å². The second kappa shape index (κ2) is 10.8. The van der Waals surface area contributed by atoms with Crippen molar-refractivity contribution in [3.05, 3.63) is 42.1 Å². The molecule has 3 fully saturated rings. The molecule has 2 saturated heterocycles. The topological polar surface area (TPSA) is 76.2 Å². The van der Waals surface area contributed by atoms with Crippen LogP contribution in [0.2, 0.25) is 0 Å². The quantitative estimate of drug-likeness (QED) is 0.572. The van der Waals surface area contributed by atoms with E-state index >= 15 is 0 Å². The number of carbonyl (C=O) groups excluding carboxylic acids is 1. The Kier molecular flexibility index (Phi) is 7.29. The number of nitrogens with one attached hydrogen (secondary N) is 1. The largest absolute Gasteiger partial charge is 0.381 e. The highest BCUT2D eigenvalue weighted by Crippen LogP contribution is 2.42. The number of amides is 1. The number of ether oxygens (including phenoxy) is 3. The number of aromatic nitrogens is 1. The van der Waals surface area contributed by atoms with Crippen molar-refractivity contribution in [1.29, 1.82) is 0 Å². The van der Waals surface area contributed by atoms with Crippen LogP contribution in [0.3, 0.4) is 0 Å². The predicted molar refractivity (Wildman–Crippen MR) is 150 cm³/mol. The average molecular weight is 523 g/mol. The second-order valence-electron chi connectivity index (χ2n) is 11.5. The zero-order chi connectivity index (χ0) is 26.2. The number of piperidine rings is 1. The number of pyridine rings is 1. The van der Waals surface area contributed by atoms with E-state index in [1.54, 1.807) is 6.20 Å². The average Bonchev–Trinajstić information content (AvgIpc) is 3.08. The number of nitrogens with zero attached hydrogens (tertiary/aromatic N) is 3. The van der Waals surface area contributed by atoms with Crippen molar-refractivity contribution in [2.24, 2.45) is 5.92 Å². The molecule has 1 aromatic carbocycles. The number of rotatable bonds is 5. The fourth-order valence-electron chi connectivity index (χ4n) is 6.80. The fraction of sp³-hybridized carbons (Fsp3) is 0.600. The molecule has 4 heterocycles. The van der Waals surface area contributed by atoms with Gasteiger partial charge in [0, 0.05) is 31.9 Å². The van der Waals surface area contributed by atoms with E-state index in [0.29, 0.717) is 19.8 Å². The number of hydrogen-bond donors (Lipinski definition) is 1. The summed E-state index contributed by atoms with van der Waals surface area (Å²) in [4.78, 5) is 23.3. The van der Waals surface area contributed by atoms with Gasteiger partial charge in [0.05, 0.1) is 61.5 Å². The third kappa shape index (κ3) is 5.01. The van der Waals surface area contributed by atoms with Gasteiger partial charge < -0.3 is 29.3 Å². The standard InChI is InChI=1S/C30H40N4O4.H2/c1-19(2)38-25-9-6-20(7-10-25)30(35)33-16-21-5-4-12-31-29(21)32-27-11-8-22(15-28(27)33)34-23-13-26(36-3)14-24(34)18-37-17-23;/h4-5,8,11-12,15,19-20,23-26H,6-7,9-10,13-14,16-18H2,1-3H3,(H,31,32);1H. The van der Waals surface area contributed by atoms with Gasteiger partial charge in [-0.15, -0.1) is 0 Å². The van der Waals surface area contributed by atoms with Crippen molar-refractivity contribution < 1.29 is 20.4 Å². The summed E-state index contributed by atoms with van der Waals surface area (Å²) in [6.45, 7) is 6.07. The maximum Gasteiger partial charge on any atom is 0.230 e. The zero-order valence-corrected chi connectivity index (χ0v) is 22.8. The van der Waals surface area contributed by atoms with Gasteiger partial charge in [0.15, 0.2) is 0 Å². The maximum absolute atomic E-state index is 14.2. The molecule has 2 unspecified atom stereocenters. The summed E-state index contributed by atoms with van der Waals surface area (Å²) < 4.78 is 17.7. The lowest BCUT2D eigenvalue weighted by molar-refractivity contribution is -0.124. The van der Waals surface area contributed by atoms with Gasteiger partial charge in [0.2, 0.25) is 5.91 Å². The number of benzene rings is 1. The molecular weight excluding hydrogens is 480 g/mol. The van der Waals surface area contributed by atoms with Crippen molar-refractivity contribution in [1.82, 2.24) is 4.98 Å². The molecule has 1 N–H and O–H groups in total. The molecule has 1 aromatic heterocycles. The SMILES string of the molecule is COC1CC2COCC(C1)N2c1ccc2c(c1)N(C(=O)C1CCC(OC(C)C)CC1)Cc1cccnc1N2.[HH]. The van der Waals surface area contributed by atoms with Crippen LogP contribution in [0.4, 0.5) is 22.9 Å². The minimum Gasteiger partial charge on any atom is -0.381 e. The normalized spacial score (nSPS) is 28.8. The van der Waals surface area contributed by atoms with Crippen molar-refractivity contribution >= 4 is 28.8 Å². The molecule has 0 spiro atoms. The summed E-state index contributed by atoms with van der Waals surface area (Å²) in [5.41, 5.74) is 4.02. The van der Waals surface area contributed by atoms with E-state index in [1.807, 2.05) is 18.1 Å². The van der Waals surface area contributed by atoms with E-state index in [1.165, 1.54) is 0 Å². The molecule has 8 heteroatoms. The lowest BCUT2D eigenvalue weighted by Gasteiger charge is -2.49. The third-order valence-corrected chi connectivity index (χ3v) is 8.61. The Morgan fingerprint density at radius 2 is 1.87 bits per heavy atom. The van der Waals surface area contributed by atoms with Gasteiger partial charge in [0.1, 0.15) is 5.82 Å².